The van der Waals surface area contributed by atoms with Crippen LogP contribution in [0.3, 0.4) is 0 Å². The summed E-state index contributed by atoms with van der Waals surface area (Å²) in [4.78, 5) is 5.00. The van der Waals surface area contributed by atoms with Gasteiger partial charge >= 0.3 is 0 Å². The smallest absolute Gasteiger partial charge is 0.0739 e. The Kier molecular flexibility index (Phi) is 5.88. The molecule has 0 spiro atoms. The van der Waals surface area contributed by atoms with Gasteiger partial charge in [-0.15, -0.1) is 0 Å². The number of anilines is 1. The molecule has 0 unspecified atom stereocenters. The molecule has 0 radical (unpaired) electrons. The topological polar surface area (TPSA) is 24.9 Å². The molecule has 1 aromatic heterocycles. The highest BCUT2D eigenvalue weighted by Gasteiger charge is 2.26. The number of benzene rings is 2. The molecule has 2 nitrogen and oxygen atoms in total. The molecule has 1 heterocycles. The second-order valence-electron chi connectivity index (χ2n) is 8.64. The standard InChI is InChI=1S/C26H32N2/c1-18(2)21-14-10-15-22(19(3)4)25(21)28-26(5,6)24-17-11-16-23(27-24)20-12-8-7-9-13-20/h7-19,28H,1-6H3. The van der Waals surface area contributed by atoms with Crippen molar-refractivity contribution in [1.29, 1.82) is 0 Å². The van der Waals surface area contributed by atoms with Crippen molar-refractivity contribution in [1.82, 2.24) is 4.98 Å². The molecule has 0 aliphatic carbocycles. The predicted molar refractivity (Wildman–Crippen MR) is 121 cm³/mol. The van der Waals surface area contributed by atoms with Crippen LogP contribution in [0, 0.1) is 0 Å². The summed E-state index contributed by atoms with van der Waals surface area (Å²) in [6.07, 6.45) is 0. The van der Waals surface area contributed by atoms with Gasteiger partial charge in [0, 0.05) is 11.3 Å². The van der Waals surface area contributed by atoms with Crippen LogP contribution in [0.2, 0.25) is 0 Å². The van der Waals surface area contributed by atoms with Crippen molar-refractivity contribution < 1.29 is 0 Å². The van der Waals surface area contributed by atoms with Gasteiger partial charge in [-0.2, -0.15) is 0 Å². The van der Waals surface area contributed by atoms with E-state index >= 15 is 0 Å². The molecule has 2 heteroatoms. The Labute approximate surface area is 170 Å². The normalized spacial score (nSPS) is 11.9. The van der Waals surface area contributed by atoms with E-state index in [9.17, 15) is 0 Å². The average Bonchev–Trinajstić information content (AvgIpc) is 2.68. The summed E-state index contributed by atoms with van der Waals surface area (Å²) in [5.74, 6) is 0.918. The third-order valence-electron chi connectivity index (χ3n) is 5.27. The highest BCUT2D eigenvalue weighted by molar-refractivity contribution is 5.63. The largest absolute Gasteiger partial charge is 0.374 e. The van der Waals surface area contributed by atoms with Gasteiger partial charge in [0.25, 0.3) is 0 Å². The number of pyridine rings is 1. The van der Waals surface area contributed by atoms with Crippen molar-refractivity contribution >= 4 is 5.69 Å². The van der Waals surface area contributed by atoms with E-state index in [4.69, 9.17) is 4.98 Å². The van der Waals surface area contributed by atoms with Crippen LogP contribution < -0.4 is 5.32 Å². The lowest BCUT2D eigenvalue weighted by Gasteiger charge is -2.31. The zero-order chi connectivity index (χ0) is 20.3. The van der Waals surface area contributed by atoms with Gasteiger partial charge in [0.15, 0.2) is 0 Å². The number of para-hydroxylation sites is 1. The van der Waals surface area contributed by atoms with Crippen molar-refractivity contribution in [3.63, 3.8) is 0 Å². The summed E-state index contributed by atoms with van der Waals surface area (Å²) < 4.78 is 0. The minimum absolute atomic E-state index is 0.292. The molecule has 3 aromatic rings. The third-order valence-corrected chi connectivity index (χ3v) is 5.27. The van der Waals surface area contributed by atoms with Crippen molar-refractivity contribution in [3.8, 4) is 11.3 Å². The Morgan fingerprint density at radius 3 is 1.86 bits per heavy atom. The average molecular weight is 373 g/mol. The maximum Gasteiger partial charge on any atom is 0.0739 e. The van der Waals surface area contributed by atoms with E-state index in [2.05, 4.69) is 108 Å². The zero-order valence-corrected chi connectivity index (χ0v) is 18.0. The predicted octanol–water partition coefficient (Wildman–Crippen LogP) is 7.34. The first-order chi connectivity index (χ1) is 13.3. The molecule has 28 heavy (non-hydrogen) atoms. The van der Waals surface area contributed by atoms with Crippen molar-refractivity contribution in [2.45, 2.75) is 58.9 Å². The highest BCUT2D eigenvalue weighted by atomic mass is 15.0. The number of nitrogens with zero attached hydrogens (tertiary/aromatic N) is 1. The maximum absolute atomic E-state index is 5.00. The van der Waals surface area contributed by atoms with Crippen LogP contribution in [0.25, 0.3) is 11.3 Å². The first-order valence-corrected chi connectivity index (χ1v) is 10.2. The fourth-order valence-electron chi connectivity index (χ4n) is 3.62. The van der Waals surface area contributed by atoms with E-state index in [0.717, 1.165) is 17.0 Å². The quantitative estimate of drug-likeness (QED) is 0.489. The lowest BCUT2D eigenvalue weighted by Crippen LogP contribution is -2.30. The number of hydrogen-bond acceptors (Lipinski definition) is 2. The Bertz CT molecular complexity index is 898. The summed E-state index contributed by atoms with van der Waals surface area (Å²) in [6, 6.07) is 23.3. The van der Waals surface area contributed by atoms with Gasteiger partial charge in [0.2, 0.25) is 0 Å². The summed E-state index contributed by atoms with van der Waals surface area (Å²) >= 11 is 0. The van der Waals surface area contributed by atoms with Gasteiger partial charge in [-0.25, -0.2) is 0 Å². The second-order valence-corrected chi connectivity index (χ2v) is 8.64. The summed E-state index contributed by atoms with van der Waals surface area (Å²) in [5.41, 5.74) is 6.88. The molecular formula is C26H32N2. The highest BCUT2D eigenvalue weighted by Crippen LogP contribution is 2.36. The fraction of sp³-hybridized carbons (Fsp3) is 0.346. The lowest BCUT2D eigenvalue weighted by molar-refractivity contribution is 0.584. The van der Waals surface area contributed by atoms with E-state index < -0.39 is 0 Å². The molecule has 0 fully saturated rings. The number of nitrogens with one attached hydrogen (secondary N) is 1. The minimum Gasteiger partial charge on any atom is -0.374 e. The first kappa shape index (κ1) is 20.1. The molecule has 0 atom stereocenters. The van der Waals surface area contributed by atoms with Gasteiger partial charge < -0.3 is 5.32 Å². The maximum atomic E-state index is 5.00. The number of rotatable bonds is 6. The van der Waals surface area contributed by atoms with Gasteiger partial charge in [0.05, 0.1) is 16.9 Å². The third kappa shape index (κ3) is 4.27. The summed E-state index contributed by atoms with van der Waals surface area (Å²) in [6.45, 7) is 13.5. The molecule has 146 valence electrons. The zero-order valence-electron chi connectivity index (χ0n) is 18.0. The molecule has 0 saturated carbocycles. The second kappa shape index (κ2) is 8.18. The Morgan fingerprint density at radius 1 is 0.714 bits per heavy atom. The number of hydrogen-bond donors (Lipinski definition) is 1. The van der Waals surface area contributed by atoms with Crippen LogP contribution in [0.15, 0.2) is 66.7 Å². The van der Waals surface area contributed by atoms with Crippen LogP contribution in [-0.2, 0) is 5.54 Å². The van der Waals surface area contributed by atoms with Crippen molar-refractivity contribution in [2.75, 3.05) is 5.32 Å². The Morgan fingerprint density at radius 2 is 1.29 bits per heavy atom. The Balaban J connectivity index is 2.02. The summed E-state index contributed by atoms with van der Waals surface area (Å²) in [7, 11) is 0. The van der Waals surface area contributed by atoms with Gasteiger partial charge in [-0.3, -0.25) is 4.98 Å². The molecule has 0 saturated heterocycles. The molecule has 0 amide bonds. The molecule has 3 rings (SSSR count). The lowest BCUT2D eigenvalue weighted by atomic mass is 9.90. The molecule has 1 N–H and O–H groups in total. The molecule has 2 aromatic carbocycles. The number of aromatic nitrogens is 1. The SMILES string of the molecule is CC(C)c1cccc(C(C)C)c1NC(C)(C)c1cccc(-c2ccccc2)n1. The molecular weight excluding hydrogens is 340 g/mol. The Hall–Kier alpha value is -2.61. The molecule has 0 bridgehead atoms. The van der Waals surface area contributed by atoms with Crippen LogP contribution >= 0.6 is 0 Å². The fourth-order valence-corrected chi connectivity index (χ4v) is 3.62. The van der Waals surface area contributed by atoms with Gasteiger partial charge in [-0.1, -0.05) is 82.3 Å². The van der Waals surface area contributed by atoms with Crippen LogP contribution in [0.5, 0.6) is 0 Å². The molecule has 0 aliphatic heterocycles. The van der Waals surface area contributed by atoms with E-state index in [1.165, 1.54) is 16.8 Å². The van der Waals surface area contributed by atoms with E-state index in [0.29, 0.717) is 11.8 Å². The first-order valence-electron chi connectivity index (χ1n) is 10.2. The van der Waals surface area contributed by atoms with E-state index in [1.54, 1.807) is 0 Å². The van der Waals surface area contributed by atoms with Gasteiger partial charge in [0.1, 0.15) is 0 Å². The van der Waals surface area contributed by atoms with E-state index in [1.807, 2.05) is 6.07 Å². The van der Waals surface area contributed by atoms with Crippen molar-refractivity contribution in [3.05, 3.63) is 83.6 Å². The van der Waals surface area contributed by atoms with E-state index in [-0.39, 0.29) is 5.54 Å². The van der Waals surface area contributed by atoms with Crippen molar-refractivity contribution in [2.24, 2.45) is 0 Å². The summed E-state index contributed by atoms with van der Waals surface area (Å²) in [5, 5.41) is 3.85. The molecule has 0 aliphatic rings. The monoisotopic (exact) mass is 372 g/mol. The van der Waals surface area contributed by atoms with Crippen LogP contribution in [-0.4, -0.2) is 4.98 Å². The van der Waals surface area contributed by atoms with Crippen LogP contribution in [0.1, 0.15) is 70.2 Å². The minimum atomic E-state index is -0.292. The van der Waals surface area contributed by atoms with Crippen LogP contribution in [0.4, 0.5) is 5.69 Å². The van der Waals surface area contributed by atoms with Gasteiger partial charge in [-0.05, 0) is 48.9 Å².